The predicted octanol–water partition coefficient (Wildman–Crippen LogP) is 4.51. The molecule has 0 aliphatic carbocycles. The van der Waals surface area contributed by atoms with E-state index >= 15 is 4.39 Å². The van der Waals surface area contributed by atoms with Gasteiger partial charge in [0.2, 0.25) is 0 Å². The van der Waals surface area contributed by atoms with Crippen LogP contribution in [0.3, 0.4) is 0 Å². The summed E-state index contributed by atoms with van der Waals surface area (Å²) in [5, 5.41) is 15.5. The molecule has 168 valence electrons. The Hall–Kier alpha value is -2.73. The van der Waals surface area contributed by atoms with Crippen molar-refractivity contribution in [1.82, 2.24) is 10.6 Å². The lowest BCUT2D eigenvalue weighted by atomic mass is 9.86. The van der Waals surface area contributed by atoms with E-state index in [0.717, 1.165) is 36.2 Å². The highest BCUT2D eigenvalue weighted by molar-refractivity contribution is 5.81. The largest absolute Gasteiger partial charge is 0.496 e. The van der Waals surface area contributed by atoms with Crippen LogP contribution >= 0.6 is 0 Å². The third kappa shape index (κ3) is 4.29. The van der Waals surface area contributed by atoms with Gasteiger partial charge in [-0.15, -0.1) is 0 Å². The molecule has 4 nitrogen and oxygen atoms in total. The van der Waals surface area contributed by atoms with Gasteiger partial charge in [0.05, 0.1) is 13.7 Å². The fourth-order valence-electron chi connectivity index (χ4n) is 4.67. The van der Waals surface area contributed by atoms with Gasteiger partial charge in [-0.25, -0.2) is 4.39 Å². The molecule has 0 saturated carbocycles. The first-order chi connectivity index (χ1) is 15.5. The molecular formula is C27H31FN2O2. The van der Waals surface area contributed by atoms with E-state index in [1.807, 2.05) is 18.2 Å². The van der Waals surface area contributed by atoms with E-state index in [9.17, 15) is 0 Å². The highest BCUT2D eigenvalue weighted by Gasteiger charge is 2.18. The molecule has 0 spiro atoms. The second-order valence-electron chi connectivity index (χ2n) is 8.32. The summed E-state index contributed by atoms with van der Waals surface area (Å²) in [5.41, 5.74) is 9.90. The van der Waals surface area contributed by atoms with Gasteiger partial charge in [-0.05, 0) is 83.5 Å². The van der Waals surface area contributed by atoms with Crippen LogP contribution in [0.25, 0.3) is 22.3 Å². The van der Waals surface area contributed by atoms with E-state index < -0.39 is 0 Å². The van der Waals surface area contributed by atoms with Crippen LogP contribution in [-0.2, 0) is 19.5 Å². The number of nitrogens with one attached hydrogen (secondary N) is 2. The van der Waals surface area contributed by atoms with Gasteiger partial charge in [-0.1, -0.05) is 30.3 Å². The standard InChI is InChI=1S/C27H31FN2O2/c1-17-21(20-13-26(28)25(16-30-11-12-31)27(14-20)32-3)5-4-6-22(17)23-8-7-19-9-10-29-15-24(19)18(23)2/h4-8,13-14,29-31H,9-12,15-16H2,1-3H3. The number of fused-ring (bicyclic) bond motifs is 1. The molecule has 0 atom stereocenters. The molecule has 5 heteroatoms. The van der Waals surface area contributed by atoms with Crippen molar-refractivity contribution in [3.8, 4) is 28.0 Å². The van der Waals surface area contributed by atoms with Crippen LogP contribution in [0.2, 0.25) is 0 Å². The lowest BCUT2D eigenvalue weighted by Crippen LogP contribution is -2.24. The molecule has 1 aliphatic heterocycles. The molecule has 0 bridgehead atoms. The molecule has 3 aromatic rings. The summed E-state index contributed by atoms with van der Waals surface area (Å²) in [6, 6.07) is 14.2. The first-order valence-electron chi connectivity index (χ1n) is 11.2. The smallest absolute Gasteiger partial charge is 0.132 e. The number of ether oxygens (including phenoxy) is 1. The molecule has 0 radical (unpaired) electrons. The van der Waals surface area contributed by atoms with Gasteiger partial charge in [-0.2, -0.15) is 0 Å². The average molecular weight is 435 g/mol. The Bertz CT molecular complexity index is 1130. The van der Waals surface area contributed by atoms with Crippen LogP contribution in [0.15, 0.2) is 42.5 Å². The van der Waals surface area contributed by atoms with Crippen molar-refractivity contribution >= 4 is 0 Å². The average Bonchev–Trinajstić information content (AvgIpc) is 2.81. The molecule has 0 amide bonds. The zero-order valence-electron chi connectivity index (χ0n) is 19.0. The second-order valence-corrected chi connectivity index (χ2v) is 8.32. The van der Waals surface area contributed by atoms with E-state index in [4.69, 9.17) is 9.84 Å². The first-order valence-corrected chi connectivity index (χ1v) is 11.2. The lowest BCUT2D eigenvalue weighted by molar-refractivity contribution is 0.291. The van der Waals surface area contributed by atoms with Crippen molar-refractivity contribution in [2.75, 3.05) is 26.8 Å². The quantitative estimate of drug-likeness (QED) is 0.479. The van der Waals surface area contributed by atoms with Crippen LogP contribution in [0.4, 0.5) is 4.39 Å². The summed E-state index contributed by atoms with van der Waals surface area (Å²) in [6.45, 7) is 6.94. The van der Waals surface area contributed by atoms with Gasteiger partial charge in [0.15, 0.2) is 0 Å². The predicted molar refractivity (Wildman–Crippen MR) is 128 cm³/mol. The van der Waals surface area contributed by atoms with Crippen LogP contribution in [-0.4, -0.2) is 31.9 Å². The minimum atomic E-state index is -0.314. The van der Waals surface area contributed by atoms with Crippen LogP contribution in [0, 0.1) is 19.7 Å². The Morgan fingerprint density at radius 2 is 1.84 bits per heavy atom. The lowest BCUT2D eigenvalue weighted by Gasteiger charge is -2.23. The normalized spacial score (nSPS) is 13.2. The number of rotatable bonds is 7. The van der Waals surface area contributed by atoms with Crippen molar-refractivity contribution in [3.63, 3.8) is 0 Å². The second kappa shape index (κ2) is 9.82. The maximum Gasteiger partial charge on any atom is 0.132 e. The molecule has 1 aliphatic rings. The third-order valence-electron chi connectivity index (χ3n) is 6.47. The van der Waals surface area contributed by atoms with E-state index in [1.54, 1.807) is 13.2 Å². The van der Waals surface area contributed by atoms with Crippen LogP contribution in [0.5, 0.6) is 5.75 Å². The van der Waals surface area contributed by atoms with E-state index in [1.165, 1.54) is 27.8 Å². The first kappa shape index (κ1) is 22.5. The van der Waals surface area contributed by atoms with Crippen molar-refractivity contribution in [3.05, 3.63) is 76.1 Å². The van der Waals surface area contributed by atoms with Gasteiger partial charge >= 0.3 is 0 Å². The number of hydrogen-bond acceptors (Lipinski definition) is 4. The summed E-state index contributed by atoms with van der Waals surface area (Å²) < 4.78 is 20.5. The maximum atomic E-state index is 15.0. The Balaban J connectivity index is 1.76. The zero-order chi connectivity index (χ0) is 22.7. The number of aliphatic hydroxyl groups excluding tert-OH is 1. The fourth-order valence-corrected chi connectivity index (χ4v) is 4.67. The third-order valence-corrected chi connectivity index (χ3v) is 6.47. The number of benzene rings is 3. The number of hydrogen-bond donors (Lipinski definition) is 3. The Morgan fingerprint density at radius 1 is 1.06 bits per heavy atom. The van der Waals surface area contributed by atoms with Gasteiger partial charge in [-0.3, -0.25) is 0 Å². The summed E-state index contributed by atoms with van der Waals surface area (Å²) in [4.78, 5) is 0. The summed E-state index contributed by atoms with van der Waals surface area (Å²) in [5.74, 6) is 0.192. The summed E-state index contributed by atoms with van der Waals surface area (Å²) in [7, 11) is 1.56. The Morgan fingerprint density at radius 3 is 2.62 bits per heavy atom. The van der Waals surface area contributed by atoms with E-state index in [2.05, 4.69) is 42.7 Å². The molecule has 3 aromatic carbocycles. The van der Waals surface area contributed by atoms with Gasteiger partial charge in [0, 0.05) is 25.2 Å². The van der Waals surface area contributed by atoms with Crippen molar-refractivity contribution < 1.29 is 14.2 Å². The molecule has 0 fully saturated rings. The summed E-state index contributed by atoms with van der Waals surface area (Å²) >= 11 is 0. The monoisotopic (exact) mass is 434 g/mol. The maximum absolute atomic E-state index is 15.0. The highest BCUT2D eigenvalue weighted by atomic mass is 19.1. The van der Waals surface area contributed by atoms with Crippen molar-refractivity contribution in [2.45, 2.75) is 33.4 Å². The molecule has 32 heavy (non-hydrogen) atoms. The molecule has 4 rings (SSSR count). The van der Waals surface area contributed by atoms with Gasteiger partial charge in [0.1, 0.15) is 11.6 Å². The zero-order valence-corrected chi connectivity index (χ0v) is 19.0. The van der Waals surface area contributed by atoms with Gasteiger partial charge < -0.3 is 20.5 Å². The SMILES string of the molecule is COc1cc(-c2cccc(-c3ccc4c(c3C)CNCC4)c2C)cc(F)c1CNCCO. The fraction of sp³-hybridized carbons (Fsp3) is 0.333. The highest BCUT2D eigenvalue weighted by Crippen LogP contribution is 2.37. The Labute approximate surface area is 189 Å². The topological polar surface area (TPSA) is 53.5 Å². The minimum absolute atomic E-state index is 0.00613. The van der Waals surface area contributed by atoms with Crippen molar-refractivity contribution in [1.29, 1.82) is 0 Å². The van der Waals surface area contributed by atoms with E-state index in [0.29, 0.717) is 24.4 Å². The number of aliphatic hydroxyl groups is 1. The molecule has 0 unspecified atom stereocenters. The van der Waals surface area contributed by atoms with Crippen LogP contribution in [0.1, 0.15) is 27.8 Å². The molecule has 0 saturated heterocycles. The number of halogens is 1. The van der Waals surface area contributed by atoms with E-state index in [-0.39, 0.29) is 12.4 Å². The molecule has 0 aromatic heterocycles. The van der Waals surface area contributed by atoms with Crippen LogP contribution < -0.4 is 15.4 Å². The molecule has 1 heterocycles. The van der Waals surface area contributed by atoms with Crippen molar-refractivity contribution in [2.24, 2.45) is 0 Å². The summed E-state index contributed by atoms with van der Waals surface area (Å²) in [6.07, 6.45) is 1.06. The number of methoxy groups -OCH3 is 1. The molecule has 3 N–H and O–H groups in total. The Kier molecular flexibility index (Phi) is 6.89. The van der Waals surface area contributed by atoms with Gasteiger partial charge in [0.25, 0.3) is 0 Å². The molecular weight excluding hydrogens is 403 g/mol. The minimum Gasteiger partial charge on any atom is -0.496 e.